The van der Waals surface area contributed by atoms with Crippen molar-refractivity contribution in [2.24, 2.45) is 0 Å². The molecular formula is C20H16O4S2. The van der Waals surface area contributed by atoms with Crippen molar-refractivity contribution in [3.05, 3.63) is 80.2 Å². The number of benzene rings is 1. The van der Waals surface area contributed by atoms with E-state index in [-0.39, 0.29) is 6.61 Å². The van der Waals surface area contributed by atoms with Crippen LogP contribution in [0.15, 0.2) is 59.3 Å². The number of hydrogen-bond donors (Lipinski definition) is 0. The summed E-state index contributed by atoms with van der Waals surface area (Å²) >= 11 is 3.04. The second-order valence-corrected chi connectivity index (χ2v) is 7.25. The van der Waals surface area contributed by atoms with Crippen molar-refractivity contribution in [3.8, 4) is 0 Å². The number of thiophene rings is 2. The van der Waals surface area contributed by atoms with E-state index in [9.17, 15) is 9.59 Å². The molecule has 0 saturated heterocycles. The SMILES string of the molecule is COC(=O)c1cccc(COC(=O)/C(=C/c2cccs2)c2cccs2)c1. The molecule has 0 bridgehead atoms. The zero-order chi connectivity index (χ0) is 18.4. The number of methoxy groups -OCH3 is 1. The molecule has 6 heteroatoms. The van der Waals surface area contributed by atoms with Crippen LogP contribution in [-0.4, -0.2) is 19.0 Å². The predicted molar refractivity (Wildman–Crippen MR) is 104 cm³/mol. The molecule has 0 amide bonds. The minimum atomic E-state index is -0.421. The molecule has 0 spiro atoms. The normalized spacial score (nSPS) is 11.2. The summed E-state index contributed by atoms with van der Waals surface area (Å²) in [6.45, 7) is 0.0802. The highest BCUT2D eigenvalue weighted by Crippen LogP contribution is 2.26. The van der Waals surface area contributed by atoms with Gasteiger partial charge in [0.1, 0.15) is 6.61 Å². The fraction of sp³-hybridized carbons (Fsp3) is 0.100. The predicted octanol–water partition coefficient (Wildman–Crippen LogP) is 4.88. The summed E-state index contributed by atoms with van der Waals surface area (Å²) in [5.74, 6) is -0.820. The zero-order valence-corrected chi connectivity index (χ0v) is 15.6. The summed E-state index contributed by atoms with van der Waals surface area (Å²) in [7, 11) is 1.33. The molecule has 2 aromatic heterocycles. The Labute approximate surface area is 159 Å². The molecule has 3 aromatic rings. The summed E-state index contributed by atoms with van der Waals surface area (Å²) in [5.41, 5.74) is 1.67. The van der Waals surface area contributed by atoms with Crippen LogP contribution < -0.4 is 0 Å². The zero-order valence-electron chi connectivity index (χ0n) is 14.0. The van der Waals surface area contributed by atoms with Crippen molar-refractivity contribution < 1.29 is 19.1 Å². The summed E-state index contributed by atoms with van der Waals surface area (Å²) in [6.07, 6.45) is 1.84. The van der Waals surface area contributed by atoms with Crippen molar-refractivity contribution in [1.29, 1.82) is 0 Å². The number of carbonyl (C=O) groups excluding carboxylic acids is 2. The number of esters is 2. The third-order valence-corrected chi connectivity index (χ3v) is 5.28. The van der Waals surface area contributed by atoms with Gasteiger partial charge in [-0.3, -0.25) is 0 Å². The Hall–Kier alpha value is -2.70. The van der Waals surface area contributed by atoms with Gasteiger partial charge in [-0.2, -0.15) is 0 Å². The van der Waals surface area contributed by atoms with Crippen LogP contribution in [0.3, 0.4) is 0 Å². The molecule has 3 rings (SSSR count). The molecule has 0 aliphatic rings. The number of rotatable bonds is 6. The molecule has 1 aromatic carbocycles. The summed E-state index contributed by atoms with van der Waals surface area (Å²) in [5, 5.41) is 3.88. The number of ether oxygens (including phenoxy) is 2. The van der Waals surface area contributed by atoms with Crippen LogP contribution in [0, 0.1) is 0 Å². The van der Waals surface area contributed by atoms with E-state index in [4.69, 9.17) is 9.47 Å². The lowest BCUT2D eigenvalue weighted by molar-refractivity contribution is -0.137. The highest BCUT2D eigenvalue weighted by molar-refractivity contribution is 7.12. The van der Waals surface area contributed by atoms with Crippen LogP contribution in [0.1, 0.15) is 25.7 Å². The van der Waals surface area contributed by atoms with E-state index in [0.717, 1.165) is 15.3 Å². The molecule has 0 aliphatic carbocycles. The van der Waals surface area contributed by atoms with Crippen molar-refractivity contribution in [2.75, 3.05) is 7.11 Å². The van der Waals surface area contributed by atoms with E-state index in [1.54, 1.807) is 35.6 Å². The summed E-state index contributed by atoms with van der Waals surface area (Å²) in [4.78, 5) is 26.1. The van der Waals surface area contributed by atoms with Gasteiger partial charge in [0.15, 0.2) is 0 Å². The van der Waals surface area contributed by atoms with E-state index in [0.29, 0.717) is 11.1 Å². The van der Waals surface area contributed by atoms with E-state index in [1.165, 1.54) is 18.4 Å². The first-order valence-electron chi connectivity index (χ1n) is 7.81. The molecule has 0 unspecified atom stereocenters. The largest absolute Gasteiger partial charge is 0.465 e. The maximum atomic E-state index is 12.6. The monoisotopic (exact) mass is 384 g/mol. The lowest BCUT2D eigenvalue weighted by atomic mass is 10.1. The molecule has 0 fully saturated rings. The third kappa shape index (κ3) is 4.47. The van der Waals surface area contributed by atoms with E-state index in [2.05, 4.69) is 0 Å². The van der Waals surface area contributed by atoms with Crippen LogP contribution in [-0.2, 0) is 20.9 Å². The lowest BCUT2D eigenvalue weighted by Gasteiger charge is -2.08. The van der Waals surface area contributed by atoms with Crippen LogP contribution >= 0.6 is 22.7 Å². The topological polar surface area (TPSA) is 52.6 Å². The van der Waals surface area contributed by atoms with Crippen LogP contribution in [0.5, 0.6) is 0 Å². The third-order valence-electron chi connectivity index (χ3n) is 3.55. The van der Waals surface area contributed by atoms with Crippen molar-refractivity contribution >= 4 is 46.3 Å². The van der Waals surface area contributed by atoms with Gasteiger partial charge in [0.2, 0.25) is 0 Å². The van der Waals surface area contributed by atoms with Crippen LogP contribution in [0.25, 0.3) is 11.6 Å². The fourth-order valence-electron chi connectivity index (χ4n) is 2.31. The van der Waals surface area contributed by atoms with Gasteiger partial charge in [-0.1, -0.05) is 24.3 Å². The van der Waals surface area contributed by atoms with Crippen molar-refractivity contribution in [3.63, 3.8) is 0 Å². The highest BCUT2D eigenvalue weighted by atomic mass is 32.1. The first kappa shape index (κ1) is 18.1. The van der Waals surface area contributed by atoms with E-state index in [1.807, 2.05) is 41.1 Å². The maximum Gasteiger partial charge on any atom is 0.339 e. The fourth-order valence-corrected chi connectivity index (χ4v) is 3.70. The molecule has 2 heterocycles. The molecule has 26 heavy (non-hydrogen) atoms. The van der Waals surface area contributed by atoms with Crippen LogP contribution in [0.4, 0.5) is 0 Å². The van der Waals surface area contributed by atoms with Gasteiger partial charge in [0, 0.05) is 9.75 Å². The quantitative estimate of drug-likeness (QED) is 0.449. The average Bonchev–Trinajstić information content (AvgIpc) is 3.37. The van der Waals surface area contributed by atoms with Gasteiger partial charge in [0.05, 0.1) is 18.2 Å². The van der Waals surface area contributed by atoms with E-state index < -0.39 is 11.9 Å². The maximum absolute atomic E-state index is 12.6. The van der Waals surface area contributed by atoms with Crippen molar-refractivity contribution in [1.82, 2.24) is 0 Å². The van der Waals surface area contributed by atoms with Gasteiger partial charge in [-0.25, -0.2) is 9.59 Å². The molecule has 0 radical (unpaired) electrons. The second kappa shape index (κ2) is 8.60. The Morgan fingerprint density at radius 1 is 1.04 bits per heavy atom. The minimum absolute atomic E-state index is 0.0802. The molecular weight excluding hydrogens is 368 g/mol. The Balaban J connectivity index is 1.76. The van der Waals surface area contributed by atoms with Gasteiger partial charge in [-0.15, -0.1) is 22.7 Å². The van der Waals surface area contributed by atoms with Crippen LogP contribution in [0.2, 0.25) is 0 Å². The van der Waals surface area contributed by atoms with Crippen molar-refractivity contribution in [2.45, 2.75) is 6.61 Å². The van der Waals surface area contributed by atoms with Gasteiger partial charge in [-0.05, 0) is 46.7 Å². The lowest BCUT2D eigenvalue weighted by Crippen LogP contribution is -2.07. The first-order chi connectivity index (χ1) is 12.7. The molecule has 0 saturated carbocycles. The highest BCUT2D eigenvalue weighted by Gasteiger charge is 2.16. The van der Waals surface area contributed by atoms with Gasteiger partial charge in [0.25, 0.3) is 0 Å². The van der Waals surface area contributed by atoms with Gasteiger partial charge >= 0.3 is 11.9 Å². The smallest absolute Gasteiger partial charge is 0.339 e. The summed E-state index contributed by atoms with van der Waals surface area (Å²) < 4.78 is 10.2. The average molecular weight is 384 g/mol. The Morgan fingerprint density at radius 3 is 2.54 bits per heavy atom. The Bertz CT molecular complexity index is 909. The number of carbonyl (C=O) groups is 2. The molecule has 0 N–H and O–H groups in total. The Morgan fingerprint density at radius 2 is 1.85 bits per heavy atom. The Kier molecular flexibility index (Phi) is 5.99. The molecule has 0 atom stereocenters. The van der Waals surface area contributed by atoms with E-state index >= 15 is 0 Å². The molecule has 0 aliphatic heterocycles. The number of hydrogen-bond acceptors (Lipinski definition) is 6. The minimum Gasteiger partial charge on any atom is -0.465 e. The second-order valence-electron chi connectivity index (χ2n) is 5.32. The van der Waals surface area contributed by atoms with Gasteiger partial charge < -0.3 is 9.47 Å². The first-order valence-corrected chi connectivity index (χ1v) is 9.57. The molecule has 132 valence electrons. The molecule has 4 nitrogen and oxygen atoms in total. The standard InChI is InChI=1S/C20H16O4S2/c1-23-19(21)15-6-2-5-14(11-15)13-24-20(22)17(18-8-4-10-26-18)12-16-7-3-9-25-16/h2-12H,13H2,1H3/b17-12+. The summed E-state index contributed by atoms with van der Waals surface area (Å²) in [6, 6.07) is 14.5.